The zero-order chi connectivity index (χ0) is 24.6. The Bertz CT molecular complexity index is 1540. The lowest BCUT2D eigenvalue weighted by atomic mass is 10.1. The van der Waals surface area contributed by atoms with Crippen molar-refractivity contribution in [3.8, 4) is 0 Å². The van der Waals surface area contributed by atoms with Crippen molar-refractivity contribution in [2.24, 2.45) is 0 Å². The summed E-state index contributed by atoms with van der Waals surface area (Å²) in [5.41, 5.74) is 0.363. The molecule has 2 aromatic carbocycles. The summed E-state index contributed by atoms with van der Waals surface area (Å²) in [6.07, 6.45) is -2.42. The second kappa shape index (κ2) is 8.82. The van der Waals surface area contributed by atoms with Crippen molar-refractivity contribution in [2.75, 3.05) is 6.54 Å². The molecule has 1 amide bonds. The van der Waals surface area contributed by atoms with Gasteiger partial charge in [0.25, 0.3) is 5.91 Å². The van der Waals surface area contributed by atoms with Crippen LogP contribution in [0.25, 0.3) is 16.6 Å². The fraction of sp³-hybridized carbons (Fsp3) is 0.167. The van der Waals surface area contributed by atoms with Gasteiger partial charge in [-0.25, -0.2) is 4.39 Å². The summed E-state index contributed by atoms with van der Waals surface area (Å²) in [5.74, 6) is -0.753. The van der Waals surface area contributed by atoms with Crippen molar-refractivity contribution in [1.29, 1.82) is 0 Å². The first-order valence-electron chi connectivity index (χ1n) is 10.7. The van der Waals surface area contributed by atoms with Crippen LogP contribution in [-0.2, 0) is 19.1 Å². The summed E-state index contributed by atoms with van der Waals surface area (Å²) < 4.78 is 56.4. The third-order valence-electron chi connectivity index (χ3n) is 5.51. The van der Waals surface area contributed by atoms with Crippen LogP contribution in [0.5, 0.6) is 0 Å². The molecule has 11 heteroatoms. The number of hydrogen-bond acceptors (Lipinski definition) is 4. The molecule has 0 atom stereocenters. The van der Waals surface area contributed by atoms with Gasteiger partial charge in [0, 0.05) is 24.5 Å². The maximum absolute atomic E-state index is 13.9. The maximum Gasteiger partial charge on any atom is 0.416 e. The number of nitrogens with one attached hydrogen (secondary N) is 1. The van der Waals surface area contributed by atoms with Crippen LogP contribution in [0.3, 0.4) is 0 Å². The average Bonchev–Trinajstić information content (AvgIpc) is 3.40. The Morgan fingerprint density at radius 1 is 1.00 bits per heavy atom. The predicted octanol–water partition coefficient (Wildman–Crippen LogP) is 4.26. The molecule has 5 rings (SSSR count). The third-order valence-corrected chi connectivity index (χ3v) is 5.51. The lowest BCUT2D eigenvalue weighted by molar-refractivity contribution is -0.137. The first kappa shape index (κ1) is 22.5. The number of benzene rings is 2. The minimum absolute atomic E-state index is 0.0798. The first-order chi connectivity index (χ1) is 16.8. The minimum Gasteiger partial charge on any atom is -0.350 e. The summed E-state index contributed by atoms with van der Waals surface area (Å²) in [5, 5.41) is 15.9. The predicted molar refractivity (Wildman–Crippen MR) is 119 cm³/mol. The van der Waals surface area contributed by atoms with E-state index in [1.807, 2.05) is 28.8 Å². The number of amides is 1. The van der Waals surface area contributed by atoms with Gasteiger partial charge in [-0.05, 0) is 42.0 Å². The number of fused-ring (bicyclic) bond motifs is 2. The van der Waals surface area contributed by atoms with Crippen LogP contribution in [0.1, 0.15) is 27.4 Å². The number of aromatic nitrogens is 5. The smallest absolute Gasteiger partial charge is 0.350 e. The molecule has 3 aromatic heterocycles. The Hall–Kier alpha value is -4.28. The monoisotopic (exact) mass is 482 g/mol. The molecular formula is C24H18F4N6O. The highest BCUT2D eigenvalue weighted by molar-refractivity contribution is 6.04. The Morgan fingerprint density at radius 3 is 2.63 bits per heavy atom. The van der Waals surface area contributed by atoms with Crippen LogP contribution in [0.4, 0.5) is 17.6 Å². The zero-order valence-corrected chi connectivity index (χ0v) is 18.1. The molecule has 5 aromatic rings. The third kappa shape index (κ3) is 4.57. The number of alkyl halides is 3. The number of carbonyl (C=O) groups is 1. The Morgan fingerprint density at radius 2 is 1.80 bits per heavy atom. The van der Waals surface area contributed by atoms with E-state index in [9.17, 15) is 22.4 Å². The van der Waals surface area contributed by atoms with E-state index in [0.29, 0.717) is 34.9 Å². The van der Waals surface area contributed by atoms with E-state index < -0.39 is 23.5 Å². The van der Waals surface area contributed by atoms with Gasteiger partial charge in [0.1, 0.15) is 11.6 Å². The molecule has 3 heterocycles. The summed E-state index contributed by atoms with van der Waals surface area (Å²) in [6.45, 7) is 0.134. The Balaban J connectivity index is 1.37. The first-order valence-corrected chi connectivity index (χ1v) is 10.7. The topological polar surface area (TPSA) is 77.1 Å². The van der Waals surface area contributed by atoms with Crippen LogP contribution in [0, 0.1) is 5.82 Å². The number of hydrogen-bond donors (Lipinski definition) is 1. The van der Waals surface area contributed by atoms with E-state index in [4.69, 9.17) is 0 Å². The Labute approximate surface area is 196 Å². The molecule has 0 aliphatic rings. The molecule has 178 valence electrons. The van der Waals surface area contributed by atoms with Crippen LogP contribution < -0.4 is 5.32 Å². The fourth-order valence-corrected chi connectivity index (χ4v) is 3.93. The van der Waals surface area contributed by atoms with Crippen LogP contribution >= 0.6 is 0 Å². The van der Waals surface area contributed by atoms with Crippen molar-refractivity contribution in [2.45, 2.75) is 19.1 Å². The molecule has 0 radical (unpaired) electrons. The van der Waals surface area contributed by atoms with Crippen LogP contribution in [0.2, 0.25) is 0 Å². The minimum atomic E-state index is -4.68. The van der Waals surface area contributed by atoms with Gasteiger partial charge in [0.2, 0.25) is 0 Å². The van der Waals surface area contributed by atoms with Gasteiger partial charge in [-0.2, -0.15) is 18.3 Å². The van der Waals surface area contributed by atoms with Gasteiger partial charge in [0.05, 0.1) is 17.6 Å². The van der Waals surface area contributed by atoms with E-state index in [2.05, 4.69) is 20.6 Å². The highest BCUT2D eigenvalue weighted by Crippen LogP contribution is 2.31. The summed E-state index contributed by atoms with van der Waals surface area (Å²) in [6, 6.07) is 14.7. The fourth-order valence-electron chi connectivity index (χ4n) is 3.93. The highest BCUT2D eigenvalue weighted by atomic mass is 19.4. The number of halogens is 4. The second-order valence-electron chi connectivity index (χ2n) is 7.92. The number of para-hydroxylation sites is 1. The highest BCUT2D eigenvalue weighted by Gasteiger charge is 2.31. The summed E-state index contributed by atoms with van der Waals surface area (Å²) >= 11 is 0. The molecule has 0 unspecified atom stereocenters. The molecule has 0 aliphatic heterocycles. The van der Waals surface area contributed by atoms with Crippen LogP contribution in [-0.4, -0.2) is 36.8 Å². The molecule has 0 saturated heterocycles. The molecule has 0 fully saturated rings. The van der Waals surface area contributed by atoms with E-state index in [0.717, 1.165) is 12.1 Å². The molecule has 0 spiro atoms. The maximum atomic E-state index is 13.9. The average molecular weight is 482 g/mol. The summed E-state index contributed by atoms with van der Waals surface area (Å²) in [7, 11) is 0. The van der Waals surface area contributed by atoms with Gasteiger partial charge in [-0.15, -0.1) is 10.2 Å². The van der Waals surface area contributed by atoms with Gasteiger partial charge in [-0.1, -0.05) is 24.3 Å². The normalized spacial score (nSPS) is 11.9. The largest absolute Gasteiger partial charge is 0.416 e. The van der Waals surface area contributed by atoms with E-state index >= 15 is 0 Å². The van der Waals surface area contributed by atoms with E-state index in [-0.39, 0.29) is 24.3 Å². The lowest BCUT2D eigenvalue weighted by Gasteiger charge is -2.10. The van der Waals surface area contributed by atoms with Crippen molar-refractivity contribution in [3.63, 3.8) is 0 Å². The number of carbonyl (C=O) groups excluding carboxylic acids is 1. The Kier molecular flexibility index (Phi) is 5.67. The zero-order valence-electron chi connectivity index (χ0n) is 18.1. The SMILES string of the molecule is O=C(NCCc1nnc2ccccn12)c1nn(Cc2cc(F)cc(C(F)(F)F)c2)c2ccccc12. The molecule has 0 bridgehead atoms. The lowest BCUT2D eigenvalue weighted by Crippen LogP contribution is -2.27. The van der Waals surface area contributed by atoms with Crippen molar-refractivity contribution < 1.29 is 22.4 Å². The second-order valence-corrected chi connectivity index (χ2v) is 7.92. The van der Waals surface area contributed by atoms with Crippen molar-refractivity contribution in [3.05, 3.63) is 95.3 Å². The molecule has 7 nitrogen and oxygen atoms in total. The number of rotatable bonds is 6. The standard InChI is InChI=1S/C24H18F4N6O/c25-17-12-15(11-16(13-17)24(26,27)28)14-34-19-6-2-1-5-18(19)22(32-34)23(35)29-9-8-21-31-30-20-7-3-4-10-33(20)21/h1-7,10-13H,8-9,14H2,(H,29,35). The van der Waals surface area contributed by atoms with Crippen molar-refractivity contribution >= 4 is 22.5 Å². The van der Waals surface area contributed by atoms with Gasteiger partial charge < -0.3 is 5.32 Å². The van der Waals surface area contributed by atoms with Crippen LogP contribution in [0.15, 0.2) is 66.9 Å². The molecular weight excluding hydrogens is 464 g/mol. The van der Waals surface area contributed by atoms with Gasteiger partial charge in [0.15, 0.2) is 11.3 Å². The quantitative estimate of drug-likeness (QED) is 0.367. The molecule has 0 aliphatic carbocycles. The molecule has 35 heavy (non-hydrogen) atoms. The number of pyridine rings is 1. The van der Waals surface area contributed by atoms with Crippen molar-refractivity contribution in [1.82, 2.24) is 29.7 Å². The van der Waals surface area contributed by atoms with E-state index in [1.54, 1.807) is 24.3 Å². The van der Waals surface area contributed by atoms with Gasteiger partial charge >= 0.3 is 6.18 Å². The molecule has 0 saturated carbocycles. The number of nitrogens with zero attached hydrogens (tertiary/aromatic N) is 5. The summed E-state index contributed by atoms with van der Waals surface area (Å²) in [4.78, 5) is 12.9. The molecule has 1 N–H and O–H groups in total. The van der Waals surface area contributed by atoms with Gasteiger partial charge in [-0.3, -0.25) is 13.9 Å². The van der Waals surface area contributed by atoms with E-state index in [1.165, 1.54) is 4.68 Å².